The molecule has 0 aliphatic heterocycles. The zero-order valence-electron chi connectivity index (χ0n) is 23.4. The molecule has 0 aliphatic rings. The van der Waals surface area contributed by atoms with E-state index in [0.717, 1.165) is 45.3 Å². The van der Waals surface area contributed by atoms with Gasteiger partial charge in [0.2, 0.25) is 0 Å². The SMILES string of the molecule is C(=Nc1ccccc1)c1ccccc1[N-]c1ccccc1.C(=Nc1ccccc1)c1ccccc1[N-]c1ccccc1.[Ni+2]. The van der Waals surface area contributed by atoms with Crippen molar-refractivity contribution in [3.05, 3.63) is 192 Å². The summed E-state index contributed by atoms with van der Waals surface area (Å²) in [4.78, 5) is 8.99. The summed E-state index contributed by atoms with van der Waals surface area (Å²) in [7, 11) is 0. The van der Waals surface area contributed by atoms with Crippen LogP contribution in [0.1, 0.15) is 11.1 Å². The van der Waals surface area contributed by atoms with Crippen molar-refractivity contribution < 1.29 is 16.5 Å². The van der Waals surface area contributed by atoms with Gasteiger partial charge >= 0.3 is 16.5 Å². The van der Waals surface area contributed by atoms with E-state index in [1.54, 1.807) is 0 Å². The van der Waals surface area contributed by atoms with E-state index in [0.29, 0.717) is 0 Å². The van der Waals surface area contributed by atoms with Crippen LogP contribution in [0, 0.1) is 0 Å². The molecule has 6 rings (SSSR count). The van der Waals surface area contributed by atoms with Gasteiger partial charge in [0.1, 0.15) is 0 Å². The Kier molecular flexibility index (Phi) is 12.1. The number of rotatable bonds is 8. The monoisotopic (exact) mass is 600 g/mol. The van der Waals surface area contributed by atoms with Gasteiger partial charge in [-0.3, -0.25) is 9.98 Å². The molecule has 0 radical (unpaired) electrons. The second-order valence-corrected chi connectivity index (χ2v) is 9.20. The van der Waals surface area contributed by atoms with Crippen molar-refractivity contribution in [2.75, 3.05) is 0 Å². The topological polar surface area (TPSA) is 52.9 Å². The molecule has 0 N–H and O–H groups in total. The Morgan fingerprint density at radius 1 is 0.349 bits per heavy atom. The van der Waals surface area contributed by atoms with E-state index >= 15 is 0 Å². The average molecular weight is 601 g/mol. The van der Waals surface area contributed by atoms with Gasteiger partial charge in [0, 0.05) is 12.4 Å². The minimum atomic E-state index is 0. The summed E-state index contributed by atoms with van der Waals surface area (Å²) in [5.41, 5.74) is 7.61. The molecule has 0 saturated heterocycles. The Morgan fingerprint density at radius 2 is 0.651 bits per heavy atom. The summed E-state index contributed by atoms with van der Waals surface area (Å²) >= 11 is 0. The predicted octanol–water partition coefficient (Wildman–Crippen LogP) is 11.5. The van der Waals surface area contributed by atoms with Crippen molar-refractivity contribution in [2.24, 2.45) is 9.98 Å². The number of hydrogen-bond donors (Lipinski definition) is 0. The molecule has 0 unspecified atom stereocenters. The van der Waals surface area contributed by atoms with E-state index in [1.807, 2.05) is 182 Å². The van der Waals surface area contributed by atoms with Crippen LogP contribution >= 0.6 is 0 Å². The van der Waals surface area contributed by atoms with Crippen molar-refractivity contribution >= 4 is 46.6 Å². The van der Waals surface area contributed by atoms with Crippen molar-refractivity contribution in [1.29, 1.82) is 0 Å². The van der Waals surface area contributed by atoms with E-state index in [4.69, 9.17) is 0 Å². The van der Waals surface area contributed by atoms with Crippen LogP contribution in [0.4, 0.5) is 34.1 Å². The number of benzene rings is 6. The van der Waals surface area contributed by atoms with Gasteiger partial charge in [-0.15, -0.1) is 22.7 Å². The van der Waals surface area contributed by atoms with Gasteiger partial charge in [0.25, 0.3) is 0 Å². The second kappa shape index (κ2) is 16.9. The number of aliphatic imine (C=N–C) groups is 2. The molecule has 4 nitrogen and oxygen atoms in total. The minimum Gasteiger partial charge on any atom is -0.657 e. The average Bonchev–Trinajstić information content (AvgIpc) is 3.06. The summed E-state index contributed by atoms with van der Waals surface area (Å²) in [5, 5.41) is 9.32. The molecule has 0 saturated carbocycles. The van der Waals surface area contributed by atoms with Crippen molar-refractivity contribution in [3.8, 4) is 0 Å². The third-order valence-corrected chi connectivity index (χ3v) is 6.10. The second-order valence-electron chi connectivity index (χ2n) is 9.20. The molecule has 0 aromatic heterocycles. The molecular formula is C38H30N4Ni. The molecule has 5 heteroatoms. The van der Waals surface area contributed by atoms with Crippen molar-refractivity contribution in [3.63, 3.8) is 0 Å². The molecule has 0 heterocycles. The van der Waals surface area contributed by atoms with Crippen LogP contribution in [-0.4, -0.2) is 12.4 Å². The first-order valence-electron chi connectivity index (χ1n) is 13.7. The number of para-hydroxylation sites is 6. The molecule has 43 heavy (non-hydrogen) atoms. The molecule has 0 atom stereocenters. The smallest absolute Gasteiger partial charge is 0.657 e. The van der Waals surface area contributed by atoms with Crippen molar-refractivity contribution in [1.82, 2.24) is 0 Å². The Hall–Kier alpha value is -5.25. The first-order chi connectivity index (χ1) is 20.8. The molecule has 0 aliphatic carbocycles. The normalized spacial score (nSPS) is 10.4. The van der Waals surface area contributed by atoms with E-state index in [1.165, 1.54) is 0 Å². The van der Waals surface area contributed by atoms with Crippen LogP contribution in [0.15, 0.2) is 180 Å². The Labute approximate surface area is 263 Å². The fourth-order valence-electron chi connectivity index (χ4n) is 4.00. The number of nitrogens with zero attached hydrogens (tertiary/aromatic N) is 4. The molecule has 0 spiro atoms. The maximum absolute atomic E-state index is 4.66. The van der Waals surface area contributed by atoms with Gasteiger partial charge in [0.15, 0.2) is 0 Å². The first-order valence-corrected chi connectivity index (χ1v) is 13.7. The molecule has 0 amide bonds. The van der Waals surface area contributed by atoms with Gasteiger partial charge in [-0.1, -0.05) is 146 Å². The minimum absolute atomic E-state index is 0. The summed E-state index contributed by atoms with van der Waals surface area (Å²) in [6.45, 7) is 0. The molecule has 0 bridgehead atoms. The fraction of sp³-hybridized carbons (Fsp3) is 0. The number of hydrogen-bond acceptors (Lipinski definition) is 2. The first kappa shape index (κ1) is 30.7. The van der Waals surface area contributed by atoms with E-state index in [9.17, 15) is 0 Å². The van der Waals surface area contributed by atoms with Gasteiger partial charge in [-0.25, -0.2) is 0 Å². The Morgan fingerprint density at radius 3 is 1.02 bits per heavy atom. The van der Waals surface area contributed by atoms with Gasteiger partial charge in [-0.05, 0) is 35.4 Å². The summed E-state index contributed by atoms with van der Waals surface area (Å²) in [5.74, 6) is 0. The van der Waals surface area contributed by atoms with Crippen LogP contribution in [0.25, 0.3) is 10.6 Å². The van der Waals surface area contributed by atoms with Crippen LogP contribution in [0.2, 0.25) is 0 Å². The summed E-state index contributed by atoms with van der Waals surface area (Å²) in [6.07, 6.45) is 3.72. The standard InChI is InChI=1S/2C19H15N2.Ni/c2*1-3-10-17(11-4-1)20-15-16-9-7-8-14-19(16)21-18-12-5-2-6-13-18;/h2*1-15H;/q2*-1;+2. The molecule has 212 valence electrons. The van der Waals surface area contributed by atoms with Crippen LogP contribution in [0.3, 0.4) is 0 Å². The third-order valence-electron chi connectivity index (χ3n) is 6.10. The van der Waals surface area contributed by atoms with Crippen molar-refractivity contribution in [2.45, 2.75) is 0 Å². The van der Waals surface area contributed by atoms with Gasteiger partial charge in [-0.2, -0.15) is 0 Å². The molecule has 6 aromatic carbocycles. The van der Waals surface area contributed by atoms with E-state index < -0.39 is 0 Å². The molecule has 0 fully saturated rings. The van der Waals surface area contributed by atoms with E-state index in [2.05, 4.69) is 20.6 Å². The predicted molar refractivity (Wildman–Crippen MR) is 179 cm³/mol. The van der Waals surface area contributed by atoms with Crippen LogP contribution < -0.4 is 0 Å². The zero-order valence-corrected chi connectivity index (χ0v) is 24.4. The quantitative estimate of drug-likeness (QED) is 0.123. The van der Waals surface area contributed by atoms with Crippen LogP contribution in [-0.2, 0) is 16.5 Å². The largest absolute Gasteiger partial charge is 2.00 e. The Balaban J connectivity index is 0.000000192. The van der Waals surface area contributed by atoms with Gasteiger partial charge in [0.05, 0.1) is 11.4 Å². The van der Waals surface area contributed by atoms with Gasteiger partial charge < -0.3 is 10.6 Å². The molecular weight excluding hydrogens is 571 g/mol. The zero-order chi connectivity index (χ0) is 28.7. The van der Waals surface area contributed by atoms with E-state index in [-0.39, 0.29) is 16.5 Å². The molecule has 6 aromatic rings. The maximum atomic E-state index is 4.66. The van der Waals surface area contributed by atoms with Crippen LogP contribution in [0.5, 0.6) is 0 Å². The fourth-order valence-corrected chi connectivity index (χ4v) is 4.00. The summed E-state index contributed by atoms with van der Waals surface area (Å²) < 4.78 is 0. The third kappa shape index (κ3) is 9.96. The summed E-state index contributed by atoms with van der Waals surface area (Å²) in [6, 6.07) is 55.7. The maximum Gasteiger partial charge on any atom is 2.00 e. The Bertz CT molecular complexity index is 1570.